The van der Waals surface area contributed by atoms with Crippen LogP contribution in [0.4, 0.5) is 14.6 Å². The average molecular weight is 221 g/mol. The van der Waals surface area contributed by atoms with Crippen molar-refractivity contribution < 1.29 is 8.78 Å². The quantitative estimate of drug-likeness (QED) is 0.803. The molecule has 0 aliphatic heterocycles. The van der Waals surface area contributed by atoms with Crippen molar-refractivity contribution >= 4 is 5.82 Å². The Kier molecular flexibility index (Phi) is 2.52. The molecule has 0 spiro atoms. The van der Waals surface area contributed by atoms with Crippen LogP contribution >= 0.6 is 0 Å². The second-order valence-electron chi connectivity index (χ2n) is 3.42. The monoisotopic (exact) mass is 221 g/mol. The summed E-state index contributed by atoms with van der Waals surface area (Å²) in [5.41, 5.74) is 6.27. The van der Waals surface area contributed by atoms with E-state index in [1.165, 1.54) is 18.2 Å². The average Bonchev–Trinajstić information content (AvgIpc) is 2.25. The van der Waals surface area contributed by atoms with E-state index in [4.69, 9.17) is 5.73 Å². The molecule has 0 aliphatic carbocycles. The minimum atomic E-state index is -0.665. The third kappa shape index (κ3) is 1.84. The Labute approximate surface area is 90.9 Å². The van der Waals surface area contributed by atoms with Crippen molar-refractivity contribution in [2.24, 2.45) is 0 Å². The lowest BCUT2D eigenvalue weighted by Crippen LogP contribution is -1.96. The molecule has 2 aromatic rings. The van der Waals surface area contributed by atoms with Crippen LogP contribution in [0.15, 0.2) is 24.3 Å². The fourth-order valence-electron chi connectivity index (χ4n) is 1.34. The van der Waals surface area contributed by atoms with Crippen LogP contribution in [0.2, 0.25) is 0 Å². The summed E-state index contributed by atoms with van der Waals surface area (Å²) < 4.78 is 26.5. The van der Waals surface area contributed by atoms with Gasteiger partial charge in [0.25, 0.3) is 0 Å². The fourth-order valence-corrected chi connectivity index (χ4v) is 1.34. The van der Waals surface area contributed by atoms with Crippen LogP contribution in [-0.2, 0) is 0 Å². The van der Waals surface area contributed by atoms with Gasteiger partial charge in [-0.05, 0) is 30.7 Å². The van der Waals surface area contributed by atoms with Crippen molar-refractivity contribution in [2.45, 2.75) is 6.92 Å². The lowest BCUT2D eigenvalue weighted by molar-refractivity contribution is 0.579. The Morgan fingerprint density at radius 1 is 1.06 bits per heavy atom. The van der Waals surface area contributed by atoms with Gasteiger partial charge in [-0.1, -0.05) is 0 Å². The third-order valence-corrected chi connectivity index (χ3v) is 2.21. The second kappa shape index (κ2) is 3.84. The highest BCUT2D eigenvalue weighted by atomic mass is 19.1. The van der Waals surface area contributed by atoms with Crippen LogP contribution in [0.1, 0.15) is 5.56 Å². The third-order valence-electron chi connectivity index (χ3n) is 2.21. The zero-order valence-electron chi connectivity index (χ0n) is 8.54. The molecule has 0 saturated carbocycles. The lowest BCUT2D eigenvalue weighted by Gasteiger charge is -2.04. The molecule has 3 nitrogen and oxygen atoms in total. The van der Waals surface area contributed by atoms with Crippen LogP contribution in [0, 0.1) is 18.6 Å². The Hall–Kier alpha value is -2.04. The number of anilines is 1. The SMILES string of the molecule is Cc1cc(-c2ccc(N)nn2)c(F)cc1F. The van der Waals surface area contributed by atoms with Crippen molar-refractivity contribution in [3.63, 3.8) is 0 Å². The van der Waals surface area contributed by atoms with Gasteiger partial charge in [-0.25, -0.2) is 8.78 Å². The van der Waals surface area contributed by atoms with Crippen LogP contribution in [-0.4, -0.2) is 10.2 Å². The molecular weight excluding hydrogens is 212 g/mol. The first-order chi connectivity index (χ1) is 7.58. The van der Waals surface area contributed by atoms with Gasteiger partial charge in [0.1, 0.15) is 17.5 Å². The van der Waals surface area contributed by atoms with Gasteiger partial charge in [0.15, 0.2) is 0 Å². The first kappa shape index (κ1) is 10.5. The lowest BCUT2D eigenvalue weighted by atomic mass is 10.1. The number of hydrogen-bond acceptors (Lipinski definition) is 3. The molecule has 2 N–H and O–H groups in total. The Balaban J connectivity index is 2.56. The van der Waals surface area contributed by atoms with Crippen molar-refractivity contribution in [3.8, 4) is 11.3 Å². The van der Waals surface area contributed by atoms with Gasteiger partial charge in [-0.15, -0.1) is 10.2 Å². The molecule has 0 bridgehead atoms. The zero-order valence-corrected chi connectivity index (χ0v) is 8.54. The molecule has 0 amide bonds. The number of nitrogens with two attached hydrogens (primary N) is 1. The molecule has 0 unspecified atom stereocenters. The van der Waals surface area contributed by atoms with E-state index in [1.54, 1.807) is 6.92 Å². The van der Waals surface area contributed by atoms with Gasteiger partial charge in [0.05, 0.1) is 5.69 Å². The summed E-state index contributed by atoms with van der Waals surface area (Å²) in [4.78, 5) is 0. The van der Waals surface area contributed by atoms with Crippen molar-refractivity contribution in [1.29, 1.82) is 0 Å². The fraction of sp³-hybridized carbons (Fsp3) is 0.0909. The highest BCUT2D eigenvalue weighted by Gasteiger charge is 2.10. The zero-order chi connectivity index (χ0) is 11.7. The molecule has 82 valence electrons. The number of nitrogens with zero attached hydrogens (tertiary/aromatic N) is 2. The first-order valence-corrected chi connectivity index (χ1v) is 4.63. The molecule has 1 aromatic heterocycles. The number of aromatic nitrogens is 2. The predicted molar refractivity (Wildman–Crippen MR) is 56.5 cm³/mol. The van der Waals surface area contributed by atoms with Gasteiger partial charge in [-0.3, -0.25) is 0 Å². The van der Waals surface area contributed by atoms with E-state index in [2.05, 4.69) is 10.2 Å². The number of halogens is 2. The minimum Gasteiger partial charge on any atom is -0.382 e. The molecule has 0 atom stereocenters. The molecule has 0 radical (unpaired) electrons. The summed E-state index contributed by atoms with van der Waals surface area (Å²) in [5, 5.41) is 7.36. The molecule has 0 aliphatic rings. The normalized spacial score (nSPS) is 10.4. The smallest absolute Gasteiger partial charge is 0.146 e. The Morgan fingerprint density at radius 3 is 2.44 bits per heavy atom. The predicted octanol–water partition coefficient (Wildman–Crippen LogP) is 2.31. The molecule has 1 heterocycles. The molecule has 0 saturated heterocycles. The summed E-state index contributed by atoms with van der Waals surface area (Å²) in [7, 11) is 0. The van der Waals surface area contributed by atoms with Crippen LogP contribution in [0.5, 0.6) is 0 Å². The maximum Gasteiger partial charge on any atom is 0.146 e. The summed E-state index contributed by atoms with van der Waals surface area (Å²) in [6.45, 7) is 1.56. The van der Waals surface area contributed by atoms with Crippen molar-refractivity contribution in [3.05, 3.63) is 41.5 Å². The number of hydrogen-bond donors (Lipinski definition) is 1. The van der Waals surface area contributed by atoms with E-state index in [9.17, 15) is 8.78 Å². The van der Waals surface area contributed by atoms with Crippen molar-refractivity contribution in [2.75, 3.05) is 5.73 Å². The van der Waals surface area contributed by atoms with Crippen LogP contribution < -0.4 is 5.73 Å². The van der Waals surface area contributed by atoms with Gasteiger partial charge < -0.3 is 5.73 Å². The maximum atomic E-state index is 13.5. The van der Waals surface area contributed by atoms with Crippen LogP contribution in [0.25, 0.3) is 11.3 Å². The van der Waals surface area contributed by atoms with Crippen LogP contribution in [0.3, 0.4) is 0 Å². The molecule has 2 rings (SSSR count). The first-order valence-electron chi connectivity index (χ1n) is 4.63. The van der Waals surface area contributed by atoms with Gasteiger partial charge in [0.2, 0.25) is 0 Å². The number of nitrogen functional groups attached to an aromatic ring is 1. The second-order valence-corrected chi connectivity index (χ2v) is 3.42. The highest BCUT2D eigenvalue weighted by molar-refractivity contribution is 5.61. The van der Waals surface area contributed by atoms with E-state index >= 15 is 0 Å². The minimum absolute atomic E-state index is 0.214. The maximum absolute atomic E-state index is 13.5. The largest absolute Gasteiger partial charge is 0.382 e. The van der Waals surface area contributed by atoms with E-state index < -0.39 is 11.6 Å². The number of rotatable bonds is 1. The van der Waals surface area contributed by atoms with E-state index in [-0.39, 0.29) is 11.4 Å². The van der Waals surface area contributed by atoms with Crippen molar-refractivity contribution in [1.82, 2.24) is 10.2 Å². The van der Waals surface area contributed by atoms with E-state index in [1.807, 2.05) is 0 Å². The van der Waals surface area contributed by atoms with Gasteiger partial charge >= 0.3 is 0 Å². The standard InChI is InChI=1S/C11H9F2N3/c1-6-4-7(9(13)5-8(6)12)10-2-3-11(14)16-15-10/h2-5H,1H3,(H2,14,16). The van der Waals surface area contributed by atoms with Gasteiger partial charge in [-0.2, -0.15) is 0 Å². The number of benzene rings is 1. The molecule has 0 fully saturated rings. The molecule has 5 heteroatoms. The topological polar surface area (TPSA) is 51.8 Å². The number of aryl methyl sites for hydroxylation is 1. The summed E-state index contributed by atoms with van der Waals surface area (Å²) in [6, 6.07) is 5.28. The highest BCUT2D eigenvalue weighted by Crippen LogP contribution is 2.23. The van der Waals surface area contributed by atoms with E-state index in [0.29, 0.717) is 11.3 Å². The summed E-state index contributed by atoms with van der Waals surface area (Å²) in [6.07, 6.45) is 0. The Morgan fingerprint density at radius 2 is 1.81 bits per heavy atom. The molecule has 16 heavy (non-hydrogen) atoms. The summed E-state index contributed by atoms with van der Waals surface area (Å²) >= 11 is 0. The van der Waals surface area contributed by atoms with E-state index in [0.717, 1.165) is 6.07 Å². The summed E-state index contributed by atoms with van der Waals surface area (Å²) in [5.74, 6) is -0.991. The molecular formula is C11H9F2N3. The molecule has 1 aromatic carbocycles. The van der Waals surface area contributed by atoms with Gasteiger partial charge in [0, 0.05) is 11.6 Å². The Bertz CT molecular complexity index is 523.